The van der Waals surface area contributed by atoms with Crippen molar-refractivity contribution in [2.24, 2.45) is 17.8 Å². The Hall–Kier alpha value is -1.02. The van der Waals surface area contributed by atoms with Crippen molar-refractivity contribution in [3.8, 4) is 5.75 Å². The zero-order chi connectivity index (χ0) is 16.9. The van der Waals surface area contributed by atoms with Gasteiger partial charge in [0.15, 0.2) is 0 Å². The summed E-state index contributed by atoms with van der Waals surface area (Å²) in [6.45, 7) is 4.51. The van der Waals surface area contributed by atoms with E-state index in [1.807, 2.05) is 7.11 Å². The molecule has 2 aliphatic rings. The predicted octanol–water partition coefficient (Wildman–Crippen LogP) is 6.16. The van der Waals surface area contributed by atoms with Gasteiger partial charge in [-0.2, -0.15) is 0 Å². The molecule has 0 saturated heterocycles. The van der Waals surface area contributed by atoms with E-state index in [0.717, 1.165) is 17.6 Å². The van der Waals surface area contributed by atoms with E-state index in [9.17, 15) is 0 Å². The van der Waals surface area contributed by atoms with Crippen LogP contribution in [0.5, 0.6) is 5.75 Å². The lowest BCUT2D eigenvalue weighted by Gasteiger charge is -2.43. The molecular formula is C22H34O2. The van der Waals surface area contributed by atoms with E-state index in [1.165, 1.54) is 56.9 Å². The molecule has 0 heterocycles. The van der Waals surface area contributed by atoms with Gasteiger partial charge in [0.05, 0.1) is 0 Å². The van der Waals surface area contributed by atoms with Crippen molar-refractivity contribution in [3.05, 3.63) is 29.8 Å². The third-order valence-corrected chi connectivity index (χ3v) is 6.53. The summed E-state index contributed by atoms with van der Waals surface area (Å²) in [6.07, 6.45) is 10.7. The molecule has 2 fully saturated rings. The molecule has 0 amide bonds. The first-order chi connectivity index (χ1) is 11.7. The molecule has 134 valence electrons. The van der Waals surface area contributed by atoms with Gasteiger partial charge < -0.3 is 9.47 Å². The van der Waals surface area contributed by atoms with Crippen LogP contribution in [0.3, 0.4) is 0 Å². The number of rotatable bonds is 6. The number of hydrogen-bond acceptors (Lipinski definition) is 2. The Balaban J connectivity index is 1.67. The van der Waals surface area contributed by atoms with Crippen LogP contribution in [-0.4, -0.2) is 13.4 Å². The molecule has 1 aromatic rings. The van der Waals surface area contributed by atoms with Crippen molar-refractivity contribution in [1.82, 2.24) is 0 Å². The highest BCUT2D eigenvalue weighted by Gasteiger charge is 2.40. The van der Waals surface area contributed by atoms with Crippen molar-refractivity contribution in [3.63, 3.8) is 0 Å². The number of benzene rings is 1. The van der Waals surface area contributed by atoms with Crippen molar-refractivity contribution >= 4 is 0 Å². The quantitative estimate of drug-likeness (QED) is 0.582. The highest BCUT2D eigenvalue weighted by Crippen LogP contribution is 2.45. The summed E-state index contributed by atoms with van der Waals surface area (Å²) in [6, 6.07) is 8.66. The van der Waals surface area contributed by atoms with Crippen molar-refractivity contribution in [2.45, 2.75) is 77.4 Å². The van der Waals surface area contributed by atoms with Crippen LogP contribution < -0.4 is 4.74 Å². The number of methoxy groups -OCH3 is 1. The fraction of sp³-hybridized carbons (Fsp3) is 0.727. The average Bonchev–Trinajstić information content (AvgIpc) is 2.65. The average molecular weight is 331 g/mol. The SMILES string of the molecule is CCC(C)c1ccc(OC(OC)C2CCCC3CCCCC32)cc1. The number of ether oxygens (including phenoxy) is 2. The van der Waals surface area contributed by atoms with Crippen LogP contribution in [0.25, 0.3) is 0 Å². The summed E-state index contributed by atoms with van der Waals surface area (Å²) >= 11 is 0. The molecule has 0 aromatic heterocycles. The van der Waals surface area contributed by atoms with Crippen LogP contribution in [0, 0.1) is 17.8 Å². The van der Waals surface area contributed by atoms with Gasteiger partial charge in [0.1, 0.15) is 5.75 Å². The van der Waals surface area contributed by atoms with E-state index in [4.69, 9.17) is 9.47 Å². The van der Waals surface area contributed by atoms with E-state index < -0.39 is 0 Å². The molecule has 3 rings (SSSR count). The Bertz CT molecular complexity index is 493. The van der Waals surface area contributed by atoms with Crippen LogP contribution in [0.4, 0.5) is 0 Å². The Morgan fingerprint density at radius 3 is 2.42 bits per heavy atom. The van der Waals surface area contributed by atoms with Gasteiger partial charge >= 0.3 is 0 Å². The van der Waals surface area contributed by atoms with Crippen molar-refractivity contribution in [1.29, 1.82) is 0 Å². The third-order valence-electron chi connectivity index (χ3n) is 6.53. The second-order valence-electron chi connectivity index (χ2n) is 7.90. The minimum absolute atomic E-state index is 0.0923. The van der Waals surface area contributed by atoms with Crippen LogP contribution in [0.2, 0.25) is 0 Å². The largest absolute Gasteiger partial charge is 0.465 e. The van der Waals surface area contributed by atoms with Crippen LogP contribution in [0.15, 0.2) is 24.3 Å². The van der Waals surface area contributed by atoms with Gasteiger partial charge in [0, 0.05) is 13.0 Å². The van der Waals surface area contributed by atoms with E-state index in [-0.39, 0.29) is 6.29 Å². The van der Waals surface area contributed by atoms with E-state index in [0.29, 0.717) is 11.8 Å². The summed E-state index contributed by atoms with van der Waals surface area (Å²) in [5.74, 6) is 3.83. The molecule has 2 aliphatic carbocycles. The highest BCUT2D eigenvalue weighted by atomic mass is 16.7. The topological polar surface area (TPSA) is 18.5 Å². The molecule has 2 heteroatoms. The van der Waals surface area contributed by atoms with Gasteiger partial charge in [0.2, 0.25) is 6.29 Å². The van der Waals surface area contributed by atoms with Gasteiger partial charge in [0.25, 0.3) is 0 Å². The van der Waals surface area contributed by atoms with Crippen molar-refractivity contribution in [2.75, 3.05) is 7.11 Å². The summed E-state index contributed by atoms with van der Waals surface area (Å²) < 4.78 is 12.1. The van der Waals surface area contributed by atoms with Crippen molar-refractivity contribution < 1.29 is 9.47 Å². The molecule has 0 radical (unpaired) electrons. The van der Waals surface area contributed by atoms with Crippen LogP contribution in [0.1, 0.15) is 76.7 Å². The van der Waals surface area contributed by atoms with Crippen LogP contribution >= 0.6 is 0 Å². The zero-order valence-electron chi connectivity index (χ0n) is 15.7. The van der Waals surface area contributed by atoms with E-state index in [2.05, 4.69) is 38.1 Å². The molecule has 2 nitrogen and oxygen atoms in total. The third kappa shape index (κ3) is 3.96. The summed E-state index contributed by atoms with van der Waals surface area (Å²) in [4.78, 5) is 0. The maximum absolute atomic E-state index is 6.30. The standard InChI is InChI=1S/C22H34O2/c1-4-16(2)17-12-14-19(15-13-17)24-22(23-3)21-11-7-9-18-8-5-6-10-20(18)21/h12-16,18,20-22H,4-11H2,1-3H3. The Labute approximate surface area is 147 Å². The van der Waals surface area contributed by atoms with Gasteiger partial charge in [-0.05, 0) is 54.7 Å². The molecule has 2 saturated carbocycles. The zero-order valence-corrected chi connectivity index (χ0v) is 15.7. The lowest BCUT2D eigenvalue weighted by Crippen LogP contribution is -2.41. The monoisotopic (exact) mass is 330 g/mol. The molecule has 0 aliphatic heterocycles. The first kappa shape index (κ1) is 17.8. The predicted molar refractivity (Wildman–Crippen MR) is 99.4 cm³/mol. The van der Waals surface area contributed by atoms with Gasteiger partial charge in [-0.15, -0.1) is 0 Å². The second-order valence-corrected chi connectivity index (χ2v) is 7.90. The Morgan fingerprint density at radius 1 is 1.00 bits per heavy atom. The molecule has 0 N–H and O–H groups in total. The van der Waals surface area contributed by atoms with Gasteiger partial charge in [-0.25, -0.2) is 0 Å². The minimum Gasteiger partial charge on any atom is -0.465 e. The summed E-state index contributed by atoms with van der Waals surface area (Å²) in [5, 5.41) is 0. The van der Waals surface area contributed by atoms with Gasteiger partial charge in [-0.1, -0.05) is 58.1 Å². The molecule has 5 atom stereocenters. The first-order valence-electron chi connectivity index (χ1n) is 10.0. The highest BCUT2D eigenvalue weighted by molar-refractivity contribution is 5.29. The summed E-state index contributed by atoms with van der Waals surface area (Å²) in [5.41, 5.74) is 1.39. The van der Waals surface area contributed by atoms with E-state index >= 15 is 0 Å². The molecule has 24 heavy (non-hydrogen) atoms. The molecule has 5 unspecified atom stereocenters. The molecule has 1 aromatic carbocycles. The molecule has 0 bridgehead atoms. The minimum atomic E-state index is -0.0923. The number of hydrogen-bond donors (Lipinski definition) is 0. The number of fused-ring (bicyclic) bond motifs is 1. The molecule has 0 spiro atoms. The lowest BCUT2D eigenvalue weighted by molar-refractivity contribution is -0.129. The molecular weight excluding hydrogens is 296 g/mol. The van der Waals surface area contributed by atoms with E-state index in [1.54, 1.807) is 0 Å². The van der Waals surface area contributed by atoms with Gasteiger partial charge in [-0.3, -0.25) is 0 Å². The normalized spacial score (nSPS) is 29.5. The maximum atomic E-state index is 6.30. The lowest BCUT2D eigenvalue weighted by atomic mass is 9.65. The Kier molecular flexibility index (Phi) is 6.21. The second kappa shape index (κ2) is 8.38. The Morgan fingerprint density at radius 2 is 1.71 bits per heavy atom. The van der Waals surface area contributed by atoms with Crippen LogP contribution in [-0.2, 0) is 4.74 Å². The summed E-state index contributed by atoms with van der Waals surface area (Å²) in [7, 11) is 1.81. The smallest absolute Gasteiger partial charge is 0.202 e. The maximum Gasteiger partial charge on any atom is 0.202 e. The fourth-order valence-electron chi connectivity index (χ4n) is 4.88. The fourth-order valence-corrected chi connectivity index (χ4v) is 4.88. The first-order valence-corrected chi connectivity index (χ1v) is 10.0.